The molecule has 0 heterocycles. The van der Waals surface area contributed by atoms with Crippen LogP contribution in [-0.4, -0.2) is 11.6 Å². The van der Waals surface area contributed by atoms with Crippen molar-refractivity contribution >= 4 is 33.1 Å². The lowest BCUT2D eigenvalue weighted by molar-refractivity contribution is 0.0980. The maximum Gasteiger partial charge on any atom is 0.195 e. The Hall–Kier alpha value is -4.82. The normalized spacial score (nSPS) is 12.6. The highest BCUT2D eigenvalue weighted by atomic mass is 16.1. The molecule has 1 aliphatic rings. The van der Waals surface area contributed by atoms with Crippen molar-refractivity contribution in [2.24, 2.45) is 0 Å². The third kappa shape index (κ3) is 2.98. The van der Waals surface area contributed by atoms with Crippen molar-refractivity contribution in [2.75, 3.05) is 0 Å². The summed E-state index contributed by atoms with van der Waals surface area (Å²) in [6, 6.07) is 39.8. The van der Waals surface area contributed by atoms with Gasteiger partial charge in [-0.3, -0.25) is 9.59 Å². The van der Waals surface area contributed by atoms with Gasteiger partial charge in [0.2, 0.25) is 0 Å². The number of benzene rings is 6. The molecular formula is C34H20O2. The highest BCUT2D eigenvalue weighted by molar-refractivity contribution is 6.33. The number of hydrogen-bond acceptors (Lipinski definition) is 2. The van der Waals surface area contributed by atoms with Crippen LogP contribution in [-0.2, 0) is 0 Å². The topological polar surface area (TPSA) is 34.1 Å². The zero-order valence-corrected chi connectivity index (χ0v) is 19.4. The smallest absolute Gasteiger partial charge is 0.195 e. The average Bonchev–Trinajstić information content (AvgIpc) is 2.94. The summed E-state index contributed by atoms with van der Waals surface area (Å²) in [6.45, 7) is 0. The van der Waals surface area contributed by atoms with Gasteiger partial charge in [0, 0.05) is 27.8 Å². The van der Waals surface area contributed by atoms with Crippen molar-refractivity contribution in [3.63, 3.8) is 0 Å². The van der Waals surface area contributed by atoms with E-state index in [-0.39, 0.29) is 11.6 Å². The molecule has 0 aromatic heterocycles. The van der Waals surface area contributed by atoms with E-state index in [4.69, 9.17) is 0 Å². The van der Waals surface area contributed by atoms with E-state index in [0.29, 0.717) is 22.3 Å². The number of carbonyl (C=O) groups is 2. The molecule has 0 fully saturated rings. The lowest BCUT2D eigenvalue weighted by Crippen LogP contribution is -2.22. The van der Waals surface area contributed by atoms with Crippen LogP contribution in [0.15, 0.2) is 121 Å². The molecule has 1 aliphatic carbocycles. The molecule has 2 heteroatoms. The molecule has 0 saturated carbocycles. The van der Waals surface area contributed by atoms with E-state index in [1.54, 1.807) is 0 Å². The lowest BCUT2D eigenvalue weighted by atomic mass is 9.77. The molecule has 7 rings (SSSR count). The lowest BCUT2D eigenvalue weighted by Gasteiger charge is -2.24. The first-order valence-electron chi connectivity index (χ1n) is 12.0. The number of fused-ring (bicyclic) bond motifs is 4. The van der Waals surface area contributed by atoms with E-state index in [2.05, 4.69) is 24.3 Å². The standard InChI is InChI=1S/C34H20O2/c35-33-28-18-23-14-7-8-15-24(23)19-29(28)34(36)32-30(33)20-27-25(21-10-3-1-4-11-21)16-9-17-26(27)31(32)22-12-5-2-6-13-22/h1-20H. The van der Waals surface area contributed by atoms with Crippen LogP contribution < -0.4 is 0 Å². The van der Waals surface area contributed by atoms with E-state index in [0.717, 1.165) is 43.8 Å². The maximum atomic E-state index is 14.1. The minimum atomic E-state index is -0.104. The largest absolute Gasteiger partial charge is 0.289 e. The zero-order valence-electron chi connectivity index (χ0n) is 19.4. The number of carbonyl (C=O) groups excluding carboxylic acids is 2. The second kappa shape index (κ2) is 7.86. The summed E-state index contributed by atoms with van der Waals surface area (Å²) in [6.07, 6.45) is 0. The predicted molar refractivity (Wildman–Crippen MR) is 146 cm³/mol. The molecule has 0 radical (unpaired) electrons. The van der Waals surface area contributed by atoms with E-state index in [1.807, 2.05) is 97.1 Å². The van der Waals surface area contributed by atoms with Crippen LogP contribution in [0.2, 0.25) is 0 Å². The number of rotatable bonds is 2. The van der Waals surface area contributed by atoms with Crippen LogP contribution in [0.1, 0.15) is 31.8 Å². The molecule has 0 bridgehead atoms. The molecule has 0 atom stereocenters. The van der Waals surface area contributed by atoms with Crippen molar-refractivity contribution < 1.29 is 9.59 Å². The van der Waals surface area contributed by atoms with Crippen LogP contribution in [0.3, 0.4) is 0 Å². The van der Waals surface area contributed by atoms with Crippen molar-refractivity contribution in [3.05, 3.63) is 144 Å². The molecule has 168 valence electrons. The Kier molecular flexibility index (Phi) is 4.49. The predicted octanol–water partition coefficient (Wildman–Crippen LogP) is 8.10. The molecule has 2 nitrogen and oxygen atoms in total. The number of hydrogen-bond donors (Lipinski definition) is 0. The van der Waals surface area contributed by atoms with Crippen LogP contribution >= 0.6 is 0 Å². The van der Waals surface area contributed by atoms with Gasteiger partial charge in [-0.25, -0.2) is 0 Å². The molecule has 6 aromatic carbocycles. The Bertz CT molecular complexity index is 1850. The molecule has 6 aromatic rings. The Labute approximate surface area is 208 Å². The Balaban J connectivity index is 1.61. The summed E-state index contributed by atoms with van der Waals surface area (Å²) in [5.41, 5.74) is 5.77. The fourth-order valence-corrected chi connectivity index (χ4v) is 5.51. The van der Waals surface area contributed by atoms with E-state index >= 15 is 0 Å². The molecule has 36 heavy (non-hydrogen) atoms. The highest BCUT2D eigenvalue weighted by Gasteiger charge is 2.34. The summed E-state index contributed by atoms with van der Waals surface area (Å²) in [5.74, 6) is -0.205. The molecule has 0 saturated heterocycles. The van der Waals surface area contributed by atoms with Crippen molar-refractivity contribution in [3.8, 4) is 22.3 Å². The van der Waals surface area contributed by atoms with E-state index in [9.17, 15) is 9.59 Å². The summed E-state index contributed by atoms with van der Waals surface area (Å²) in [5, 5.41) is 3.84. The molecule has 0 aliphatic heterocycles. The fourth-order valence-electron chi connectivity index (χ4n) is 5.51. The molecule has 0 unspecified atom stereocenters. The monoisotopic (exact) mass is 460 g/mol. The zero-order chi connectivity index (χ0) is 24.2. The molecule has 0 amide bonds. The van der Waals surface area contributed by atoms with Gasteiger partial charge >= 0.3 is 0 Å². The van der Waals surface area contributed by atoms with Gasteiger partial charge in [0.25, 0.3) is 0 Å². The first kappa shape index (κ1) is 20.5. The van der Waals surface area contributed by atoms with Gasteiger partial charge in [0.15, 0.2) is 11.6 Å². The quantitative estimate of drug-likeness (QED) is 0.261. The average molecular weight is 461 g/mol. The maximum absolute atomic E-state index is 14.1. The van der Waals surface area contributed by atoms with E-state index in [1.165, 1.54) is 0 Å². The first-order valence-corrected chi connectivity index (χ1v) is 12.0. The van der Waals surface area contributed by atoms with Gasteiger partial charge in [-0.2, -0.15) is 0 Å². The van der Waals surface area contributed by atoms with Gasteiger partial charge in [-0.1, -0.05) is 103 Å². The van der Waals surface area contributed by atoms with Crippen molar-refractivity contribution in [1.82, 2.24) is 0 Å². The summed E-state index contributed by atoms with van der Waals surface area (Å²) < 4.78 is 0. The van der Waals surface area contributed by atoms with Crippen molar-refractivity contribution in [1.29, 1.82) is 0 Å². The van der Waals surface area contributed by atoms with Crippen LogP contribution in [0.25, 0.3) is 43.8 Å². The Morgan fingerprint density at radius 2 is 0.944 bits per heavy atom. The summed E-state index contributed by atoms with van der Waals surface area (Å²) in [7, 11) is 0. The first-order chi connectivity index (χ1) is 17.7. The van der Waals surface area contributed by atoms with E-state index < -0.39 is 0 Å². The summed E-state index contributed by atoms with van der Waals surface area (Å²) in [4.78, 5) is 28.2. The second-order valence-corrected chi connectivity index (χ2v) is 9.21. The van der Waals surface area contributed by atoms with Gasteiger partial charge in [0.1, 0.15) is 0 Å². The van der Waals surface area contributed by atoms with Crippen LogP contribution in [0, 0.1) is 0 Å². The molecule has 0 N–H and O–H groups in total. The van der Waals surface area contributed by atoms with Gasteiger partial charge in [-0.05, 0) is 56.4 Å². The SMILES string of the molecule is O=C1c2cc3ccccc3cc2C(=O)c2c1cc1c(-c3ccccc3)cccc1c2-c1ccccc1. The van der Waals surface area contributed by atoms with Gasteiger partial charge in [-0.15, -0.1) is 0 Å². The van der Waals surface area contributed by atoms with Crippen molar-refractivity contribution in [2.45, 2.75) is 0 Å². The Morgan fingerprint density at radius 3 is 1.61 bits per heavy atom. The highest BCUT2D eigenvalue weighted by Crippen LogP contribution is 2.43. The minimum absolute atomic E-state index is 0.101. The number of ketones is 2. The van der Waals surface area contributed by atoms with Gasteiger partial charge in [0.05, 0.1) is 0 Å². The third-order valence-electron chi connectivity index (χ3n) is 7.18. The van der Waals surface area contributed by atoms with Crippen LogP contribution in [0.4, 0.5) is 0 Å². The summed E-state index contributed by atoms with van der Waals surface area (Å²) >= 11 is 0. The molecular weight excluding hydrogens is 440 g/mol. The Morgan fingerprint density at radius 1 is 0.361 bits per heavy atom. The third-order valence-corrected chi connectivity index (χ3v) is 7.18. The molecule has 0 spiro atoms. The minimum Gasteiger partial charge on any atom is -0.289 e. The second-order valence-electron chi connectivity index (χ2n) is 9.21. The fraction of sp³-hybridized carbons (Fsp3) is 0. The van der Waals surface area contributed by atoms with Gasteiger partial charge < -0.3 is 0 Å². The van der Waals surface area contributed by atoms with Crippen LogP contribution in [0.5, 0.6) is 0 Å².